The first-order valence-corrected chi connectivity index (χ1v) is 5.43. The third-order valence-electron chi connectivity index (χ3n) is 2.13. The van der Waals surface area contributed by atoms with Crippen molar-refractivity contribution in [2.45, 2.75) is 10.1 Å². The Bertz CT molecular complexity index is 655. The van der Waals surface area contributed by atoms with Gasteiger partial charge in [-0.05, 0) is 23.9 Å². The summed E-state index contributed by atoms with van der Waals surface area (Å²) in [5, 5.41) is 15.3. The number of nitriles is 1. The molecule has 0 unspecified atom stereocenters. The molecule has 5 nitrogen and oxygen atoms in total. The molecule has 1 aromatic heterocycles. The Morgan fingerprint density at radius 2 is 2.35 bits per heavy atom. The first-order valence-electron chi connectivity index (χ1n) is 4.61. The number of aromatic nitrogens is 3. The fourth-order valence-corrected chi connectivity index (χ4v) is 2.12. The largest absolute Gasteiger partial charge is 0.343 e. The molecule has 0 spiro atoms. The number of hydrogen-bond acceptors (Lipinski definition) is 4. The van der Waals surface area contributed by atoms with Gasteiger partial charge in [-0.15, -0.1) is 5.10 Å². The minimum Gasteiger partial charge on any atom is -0.273 e. The van der Waals surface area contributed by atoms with Crippen LogP contribution in [0.4, 0.5) is 4.39 Å². The fraction of sp³-hybridized carbons (Fsp3) is 0.100. The average molecular weight is 250 g/mol. The van der Waals surface area contributed by atoms with E-state index in [-0.39, 0.29) is 11.3 Å². The van der Waals surface area contributed by atoms with Crippen LogP contribution in [0.3, 0.4) is 0 Å². The fourth-order valence-electron chi connectivity index (χ4n) is 1.22. The lowest BCUT2D eigenvalue weighted by atomic mass is 10.2. The molecule has 1 heterocycles. The zero-order valence-corrected chi connectivity index (χ0v) is 9.58. The molecule has 0 atom stereocenters. The van der Waals surface area contributed by atoms with Crippen LogP contribution >= 0.6 is 11.8 Å². The number of nitrogens with zero attached hydrogens (tertiary/aromatic N) is 3. The molecule has 2 aromatic rings. The van der Waals surface area contributed by atoms with Crippen molar-refractivity contribution in [1.82, 2.24) is 14.8 Å². The van der Waals surface area contributed by atoms with Gasteiger partial charge in [-0.3, -0.25) is 4.57 Å². The standard InChI is InChI=1S/C10H7FN4OS/c1-15-9(16)13-14-10(15)17-8-4-2-3-7(11)6(8)5-12/h2-4H,1H3,(H,13,16). The van der Waals surface area contributed by atoms with E-state index in [0.29, 0.717) is 10.1 Å². The monoisotopic (exact) mass is 250 g/mol. The molecule has 0 fully saturated rings. The highest BCUT2D eigenvalue weighted by molar-refractivity contribution is 7.99. The average Bonchev–Trinajstić information content (AvgIpc) is 2.61. The van der Waals surface area contributed by atoms with Gasteiger partial charge < -0.3 is 0 Å². The second-order valence-electron chi connectivity index (χ2n) is 3.20. The summed E-state index contributed by atoms with van der Waals surface area (Å²) in [6.45, 7) is 0. The number of halogens is 1. The van der Waals surface area contributed by atoms with Crippen LogP contribution in [0.1, 0.15) is 5.56 Å². The number of hydrogen-bond donors (Lipinski definition) is 1. The van der Waals surface area contributed by atoms with Gasteiger partial charge in [0.1, 0.15) is 17.4 Å². The number of aromatic amines is 1. The van der Waals surface area contributed by atoms with Crippen molar-refractivity contribution in [3.8, 4) is 6.07 Å². The van der Waals surface area contributed by atoms with E-state index in [9.17, 15) is 9.18 Å². The topological polar surface area (TPSA) is 74.5 Å². The minimum absolute atomic E-state index is 0.0482. The van der Waals surface area contributed by atoms with Crippen LogP contribution in [0, 0.1) is 17.1 Å². The number of benzene rings is 1. The number of H-pyrrole nitrogens is 1. The number of rotatable bonds is 2. The smallest absolute Gasteiger partial charge is 0.273 e. The van der Waals surface area contributed by atoms with Gasteiger partial charge >= 0.3 is 5.69 Å². The number of nitrogens with one attached hydrogen (secondary N) is 1. The van der Waals surface area contributed by atoms with Gasteiger partial charge in [0.2, 0.25) is 0 Å². The normalized spacial score (nSPS) is 10.2. The van der Waals surface area contributed by atoms with E-state index < -0.39 is 5.82 Å². The summed E-state index contributed by atoms with van der Waals surface area (Å²) in [7, 11) is 1.54. The summed E-state index contributed by atoms with van der Waals surface area (Å²) in [4.78, 5) is 11.6. The minimum atomic E-state index is -0.585. The Morgan fingerprint density at radius 1 is 1.59 bits per heavy atom. The van der Waals surface area contributed by atoms with Crippen LogP contribution in [0.25, 0.3) is 0 Å². The summed E-state index contributed by atoms with van der Waals surface area (Å²) in [5.41, 5.74) is -0.407. The first kappa shape index (κ1) is 11.4. The van der Waals surface area contributed by atoms with E-state index in [2.05, 4.69) is 10.2 Å². The molecule has 0 saturated heterocycles. The molecular formula is C10H7FN4OS. The van der Waals surface area contributed by atoms with Gasteiger partial charge in [-0.2, -0.15) is 5.26 Å². The molecule has 0 amide bonds. The van der Waals surface area contributed by atoms with Crippen LogP contribution in [-0.4, -0.2) is 14.8 Å². The SMILES string of the molecule is Cn1c(Sc2cccc(F)c2C#N)n[nH]c1=O. The Hall–Kier alpha value is -2.07. The van der Waals surface area contributed by atoms with Crippen molar-refractivity contribution in [2.24, 2.45) is 7.05 Å². The second kappa shape index (κ2) is 4.43. The van der Waals surface area contributed by atoms with Gasteiger partial charge in [-0.25, -0.2) is 14.3 Å². The van der Waals surface area contributed by atoms with Crippen molar-refractivity contribution in [3.05, 3.63) is 40.1 Å². The zero-order valence-electron chi connectivity index (χ0n) is 8.77. The quantitative estimate of drug-likeness (QED) is 0.871. The first-order chi connectivity index (χ1) is 8.13. The molecule has 7 heteroatoms. The molecule has 2 rings (SSSR count). The molecule has 0 aliphatic rings. The maximum Gasteiger partial charge on any atom is 0.343 e. The molecule has 17 heavy (non-hydrogen) atoms. The third kappa shape index (κ3) is 2.07. The highest BCUT2D eigenvalue weighted by Gasteiger charge is 2.12. The van der Waals surface area contributed by atoms with Gasteiger partial charge in [0.05, 0.1) is 0 Å². The van der Waals surface area contributed by atoms with Crippen molar-refractivity contribution < 1.29 is 4.39 Å². The van der Waals surface area contributed by atoms with E-state index in [1.165, 1.54) is 16.7 Å². The van der Waals surface area contributed by atoms with Crippen molar-refractivity contribution in [3.63, 3.8) is 0 Å². The second-order valence-corrected chi connectivity index (χ2v) is 4.21. The Labute approximate surface area is 99.9 Å². The van der Waals surface area contributed by atoms with Crippen LogP contribution in [0.2, 0.25) is 0 Å². The molecule has 1 N–H and O–H groups in total. The van der Waals surface area contributed by atoms with Gasteiger partial charge in [0, 0.05) is 11.9 Å². The molecule has 0 saturated carbocycles. The lowest BCUT2D eigenvalue weighted by molar-refractivity contribution is 0.619. The summed E-state index contributed by atoms with van der Waals surface area (Å²) >= 11 is 1.06. The van der Waals surface area contributed by atoms with Gasteiger partial charge in [-0.1, -0.05) is 6.07 Å². The van der Waals surface area contributed by atoms with E-state index in [4.69, 9.17) is 5.26 Å². The summed E-state index contributed by atoms with van der Waals surface area (Å²) in [5.74, 6) is -0.585. The molecule has 0 aliphatic carbocycles. The van der Waals surface area contributed by atoms with Crippen molar-refractivity contribution in [1.29, 1.82) is 5.26 Å². The molecule has 1 aromatic carbocycles. The van der Waals surface area contributed by atoms with E-state index in [0.717, 1.165) is 11.8 Å². The predicted molar refractivity (Wildman–Crippen MR) is 59.1 cm³/mol. The van der Waals surface area contributed by atoms with Gasteiger partial charge in [0.15, 0.2) is 5.16 Å². The molecule has 0 bridgehead atoms. The molecular weight excluding hydrogens is 243 g/mol. The highest BCUT2D eigenvalue weighted by Crippen LogP contribution is 2.28. The van der Waals surface area contributed by atoms with E-state index in [1.807, 2.05) is 0 Å². The lowest BCUT2D eigenvalue weighted by Crippen LogP contribution is -2.12. The van der Waals surface area contributed by atoms with Crippen LogP contribution in [0.15, 0.2) is 33.0 Å². The van der Waals surface area contributed by atoms with Crippen LogP contribution in [0.5, 0.6) is 0 Å². The van der Waals surface area contributed by atoms with Gasteiger partial charge in [0.25, 0.3) is 0 Å². The molecule has 86 valence electrons. The van der Waals surface area contributed by atoms with E-state index in [1.54, 1.807) is 19.2 Å². The van der Waals surface area contributed by atoms with Crippen molar-refractivity contribution >= 4 is 11.8 Å². The Kier molecular flexibility index (Phi) is 2.97. The maximum atomic E-state index is 13.3. The summed E-state index contributed by atoms with van der Waals surface area (Å²) in [6.07, 6.45) is 0. The van der Waals surface area contributed by atoms with Crippen molar-refractivity contribution in [2.75, 3.05) is 0 Å². The molecule has 0 radical (unpaired) electrons. The van der Waals surface area contributed by atoms with E-state index >= 15 is 0 Å². The summed E-state index contributed by atoms with van der Waals surface area (Å²) < 4.78 is 14.6. The Balaban J connectivity index is 2.44. The van der Waals surface area contributed by atoms with Crippen LogP contribution < -0.4 is 5.69 Å². The zero-order chi connectivity index (χ0) is 12.4. The predicted octanol–water partition coefficient (Wildman–Crippen LogP) is 1.27. The van der Waals surface area contributed by atoms with Crippen LogP contribution in [-0.2, 0) is 7.05 Å². The Morgan fingerprint density at radius 3 is 2.94 bits per heavy atom. The lowest BCUT2D eigenvalue weighted by Gasteiger charge is -2.02. The third-order valence-corrected chi connectivity index (χ3v) is 3.24. The maximum absolute atomic E-state index is 13.3. The highest BCUT2D eigenvalue weighted by atomic mass is 32.2. The summed E-state index contributed by atoms with van der Waals surface area (Å²) in [6, 6.07) is 6.11. The molecule has 0 aliphatic heterocycles.